The van der Waals surface area contributed by atoms with Gasteiger partial charge in [0.15, 0.2) is 5.96 Å². The first-order valence-electron chi connectivity index (χ1n) is 7.57. The van der Waals surface area contributed by atoms with Crippen LogP contribution < -0.4 is 15.8 Å². The number of nitrogens with zero attached hydrogens (tertiary/aromatic N) is 1. The first-order valence-corrected chi connectivity index (χ1v) is 7.57. The van der Waals surface area contributed by atoms with Crippen LogP contribution in [0, 0.1) is 11.6 Å². The molecule has 0 aliphatic rings. The van der Waals surface area contributed by atoms with Crippen molar-refractivity contribution in [1.29, 1.82) is 0 Å². The number of hydrogen-bond acceptors (Lipinski definition) is 3. The summed E-state index contributed by atoms with van der Waals surface area (Å²) in [5, 5.41) is 12.9. The van der Waals surface area contributed by atoms with Crippen molar-refractivity contribution in [2.24, 2.45) is 10.7 Å². The van der Waals surface area contributed by atoms with Crippen molar-refractivity contribution in [3.05, 3.63) is 59.7 Å². The molecule has 2 aromatic rings. The number of anilines is 1. The Labute approximate surface area is 174 Å². The van der Waals surface area contributed by atoms with E-state index in [2.05, 4.69) is 15.0 Å². The van der Waals surface area contributed by atoms with Gasteiger partial charge in [-0.15, -0.1) is 37.1 Å². The van der Waals surface area contributed by atoms with Gasteiger partial charge in [-0.05, 0) is 37.3 Å². The molecule has 0 aliphatic carbocycles. The van der Waals surface area contributed by atoms with Crippen molar-refractivity contribution < 1.29 is 31.8 Å². The number of benzene rings is 2. The van der Waals surface area contributed by atoms with Gasteiger partial charge < -0.3 is 20.9 Å². The minimum absolute atomic E-state index is 0. The zero-order valence-electron chi connectivity index (χ0n) is 14.4. The minimum atomic E-state index is -4.79. The summed E-state index contributed by atoms with van der Waals surface area (Å²) >= 11 is 0. The first kappa shape index (κ1) is 23.9. The number of ether oxygens (including phenoxy) is 1. The minimum Gasteiger partial charge on any atom is -0.406 e. The van der Waals surface area contributed by atoms with Gasteiger partial charge in [-0.3, -0.25) is 0 Å². The van der Waals surface area contributed by atoms with Crippen LogP contribution in [0.3, 0.4) is 0 Å². The average Bonchev–Trinajstić information content (AvgIpc) is 2.53. The number of nitrogens with one attached hydrogen (secondary N) is 1. The molecule has 0 radical (unpaired) electrons. The Bertz CT molecular complexity index is 827. The molecule has 4 N–H and O–H groups in total. The van der Waals surface area contributed by atoms with Crippen molar-refractivity contribution in [2.45, 2.75) is 18.9 Å². The fourth-order valence-corrected chi connectivity index (χ4v) is 2.18. The van der Waals surface area contributed by atoms with Gasteiger partial charge in [-0.25, -0.2) is 13.8 Å². The highest BCUT2D eigenvalue weighted by Gasteiger charge is 2.31. The maximum Gasteiger partial charge on any atom is 0.573 e. The van der Waals surface area contributed by atoms with Crippen LogP contribution in [0.15, 0.2) is 47.5 Å². The standard InChI is InChI=1S/C17H16F5N3O2.HI/c1-16(26,13-7-2-10(18)8-14(13)19)9-24-15(23)25-11-3-5-12(6-4-11)27-17(20,21)22;/h2-8,26H,9H2,1H3,(H3,23,24,25);1H. The Morgan fingerprint density at radius 2 is 1.75 bits per heavy atom. The van der Waals surface area contributed by atoms with Gasteiger partial charge in [0.05, 0.1) is 6.54 Å². The van der Waals surface area contributed by atoms with Gasteiger partial charge in [0, 0.05) is 17.3 Å². The number of aliphatic hydroxyl groups is 1. The zero-order chi connectivity index (χ0) is 20.2. The molecule has 28 heavy (non-hydrogen) atoms. The van der Waals surface area contributed by atoms with Gasteiger partial charge in [0.25, 0.3) is 0 Å². The Balaban J connectivity index is 0.00000392. The van der Waals surface area contributed by atoms with E-state index in [9.17, 15) is 27.1 Å². The largest absolute Gasteiger partial charge is 0.573 e. The topological polar surface area (TPSA) is 79.9 Å². The molecule has 0 aliphatic heterocycles. The van der Waals surface area contributed by atoms with Gasteiger partial charge >= 0.3 is 6.36 Å². The van der Waals surface area contributed by atoms with Crippen LogP contribution in [0.4, 0.5) is 27.6 Å². The maximum atomic E-state index is 13.8. The Morgan fingerprint density at radius 3 is 2.29 bits per heavy atom. The van der Waals surface area contributed by atoms with Gasteiger partial charge in [0.1, 0.15) is 23.0 Å². The summed E-state index contributed by atoms with van der Waals surface area (Å²) in [5.41, 5.74) is 4.06. The second-order valence-corrected chi connectivity index (χ2v) is 5.80. The van der Waals surface area contributed by atoms with E-state index in [0.29, 0.717) is 11.8 Å². The Hall–Kier alpha value is -2.15. The highest BCUT2D eigenvalue weighted by atomic mass is 127. The number of nitrogens with two attached hydrogens (primary N) is 1. The van der Waals surface area contributed by atoms with Gasteiger partial charge in [0.2, 0.25) is 0 Å². The van der Waals surface area contributed by atoms with E-state index in [1.54, 1.807) is 0 Å². The normalized spacial score (nSPS) is 14.0. The summed E-state index contributed by atoms with van der Waals surface area (Å²) in [6, 6.07) is 7.45. The van der Waals surface area contributed by atoms with Crippen molar-refractivity contribution in [3.8, 4) is 5.75 Å². The predicted octanol–water partition coefficient (Wildman–Crippen LogP) is 4.12. The number of alkyl halides is 3. The fourth-order valence-electron chi connectivity index (χ4n) is 2.18. The first-order chi connectivity index (χ1) is 12.5. The fraction of sp³-hybridized carbons (Fsp3) is 0.235. The lowest BCUT2D eigenvalue weighted by atomic mass is 9.95. The number of rotatable bonds is 5. The quantitative estimate of drug-likeness (QED) is 0.242. The van der Waals surface area contributed by atoms with E-state index in [1.165, 1.54) is 19.1 Å². The molecule has 5 nitrogen and oxygen atoms in total. The van der Waals surface area contributed by atoms with Crippen LogP contribution in [-0.4, -0.2) is 24.0 Å². The van der Waals surface area contributed by atoms with Crippen LogP contribution >= 0.6 is 24.0 Å². The smallest absolute Gasteiger partial charge is 0.406 e. The lowest BCUT2D eigenvalue weighted by molar-refractivity contribution is -0.274. The summed E-state index contributed by atoms with van der Waals surface area (Å²) in [5.74, 6) is -2.28. The molecule has 0 spiro atoms. The molecule has 2 aromatic carbocycles. The monoisotopic (exact) mass is 517 g/mol. The second kappa shape index (κ2) is 9.37. The summed E-state index contributed by atoms with van der Waals surface area (Å²) in [6.07, 6.45) is -4.79. The van der Waals surface area contributed by atoms with Crippen LogP contribution in [-0.2, 0) is 5.60 Å². The molecule has 0 heterocycles. The summed E-state index contributed by atoms with van der Waals surface area (Å²) in [7, 11) is 0. The van der Waals surface area contributed by atoms with Gasteiger partial charge in [-0.2, -0.15) is 0 Å². The molecule has 0 bridgehead atoms. The molecule has 154 valence electrons. The van der Waals surface area contributed by atoms with Gasteiger partial charge in [-0.1, -0.05) is 6.07 Å². The predicted molar refractivity (Wildman–Crippen MR) is 105 cm³/mol. The number of halogens is 6. The molecule has 0 amide bonds. The molecule has 0 fully saturated rings. The average molecular weight is 517 g/mol. The molecule has 0 saturated heterocycles. The van der Waals surface area contributed by atoms with E-state index in [1.807, 2.05) is 0 Å². The van der Waals surface area contributed by atoms with E-state index in [4.69, 9.17) is 5.73 Å². The molecule has 1 atom stereocenters. The number of hydrogen-bond donors (Lipinski definition) is 3. The molecule has 0 saturated carbocycles. The molecular weight excluding hydrogens is 500 g/mol. The van der Waals surface area contributed by atoms with Crippen molar-refractivity contribution in [1.82, 2.24) is 0 Å². The van der Waals surface area contributed by atoms with Crippen molar-refractivity contribution in [3.63, 3.8) is 0 Å². The lowest BCUT2D eigenvalue weighted by Crippen LogP contribution is -2.30. The summed E-state index contributed by atoms with van der Waals surface area (Å²) < 4.78 is 66.8. The third kappa shape index (κ3) is 7.11. The SMILES string of the molecule is CC(O)(CN=C(N)Nc1ccc(OC(F)(F)F)cc1)c1ccc(F)cc1F.I. The molecule has 0 aromatic heterocycles. The van der Waals surface area contributed by atoms with E-state index >= 15 is 0 Å². The molecule has 1 unspecified atom stereocenters. The summed E-state index contributed by atoms with van der Waals surface area (Å²) in [4.78, 5) is 3.87. The van der Waals surface area contributed by atoms with Crippen LogP contribution in [0.2, 0.25) is 0 Å². The van der Waals surface area contributed by atoms with Crippen LogP contribution in [0.5, 0.6) is 5.75 Å². The molecular formula is C17H17F5IN3O2. The zero-order valence-corrected chi connectivity index (χ0v) is 16.8. The highest BCUT2D eigenvalue weighted by Crippen LogP contribution is 2.25. The number of aliphatic imine (C=N–C) groups is 1. The number of guanidine groups is 1. The van der Waals surface area contributed by atoms with Crippen molar-refractivity contribution in [2.75, 3.05) is 11.9 Å². The second-order valence-electron chi connectivity index (χ2n) is 5.80. The van der Waals surface area contributed by atoms with Crippen molar-refractivity contribution >= 4 is 35.6 Å². The Morgan fingerprint density at radius 1 is 1.14 bits per heavy atom. The third-order valence-electron chi connectivity index (χ3n) is 3.43. The van der Waals surface area contributed by atoms with Crippen LogP contribution in [0.1, 0.15) is 12.5 Å². The third-order valence-corrected chi connectivity index (χ3v) is 3.43. The lowest BCUT2D eigenvalue weighted by Gasteiger charge is -2.22. The van der Waals surface area contributed by atoms with E-state index < -0.39 is 29.3 Å². The summed E-state index contributed by atoms with van der Waals surface area (Å²) in [6.45, 7) is 0.938. The molecule has 2 rings (SSSR count). The van der Waals surface area contributed by atoms with E-state index in [-0.39, 0.29) is 42.0 Å². The van der Waals surface area contributed by atoms with Crippen LogP contribution in [0.25, 0.3) is 0 Å². The Kier molecular flexibility index (Phi) is 7.99. The highest BCUT2D eigenvalue weighted by molar-refractivity contribution is 14.0. The van der Waals surface area contributed by atoms with E-state index in [0.717, 1.165) is 24.3 Å². The molecule has 11 heteroatoms. The maximum absolute atomic E-state index is 13.8.